The summed E-state index contributed by atoms with van der Waals surface area (Å²) in [4.78, 5) is 6.61. The molecule has 1 aliphatic heterocycles. The van der Waals surface area contributed by atoms with Crippen LogP contribution in [0.4, 0.5) is 5.82 Å². The molecule has 1 aromatic heterocycles. The van der Waals surface area contributed by atoms with Crippen LogP contribution < -0.4 is 9.62 Å². The maximum absolute atomic E-state index is 12.1. The van der Waals surface area contributed by atoms with Gasteiger partial charge in [-0.05, 0) is 42.2 Å². The number of nitrogens with one attached hydrogen (secondary N) is 1. The van der Waals surface area contributed by atoms with E-state index in [2.05, 4.69) is 14.6 Å². The van der Waals surface area contributed by atoms with Gasteiger partial charge >= 0.3 is 0 Å². The lowest BCUT2D eigenvalue weighted by atomic mass is 10.2. The molecule has 2 heterocycles. The summed E-state index contributed by atoms with van der Waals surface area (Å²) in [5.41, 5.74) is 1.76. The van der Waals surface area contributed by atoms with Gasteiger partial charge in [-0.2, -0.15) is 0 Å². The van der Waals surface area contributed by atoms with Crippen molar-refractivity contribution in [3.8, 4) is 0 Å². The molecule has 0 bridgehead atoms. The summed E-state index contributed by atoms with van der Waals surface area (Å²) >= 11 is 0. The van der Waals surface area contributed by atoms with E-state index >= 15 is 0 Å². The molecule has 0 radical (unpaired) electrons. The van der Waals surface area contributed by atoms with Crippen molar-refractivity contribution in [3.05, 3.63) is 65.2 Å². The number of hydrogen-bond donors (Lipinski definition) is 1. The highest BCUT2D eigenvalue weighted by Crippen LogP contribution is 2.18. The summed E-state index contributed by atoms with van der Waals surface area (Å²) in [7, 11) is -3.47. The van der Waals surface area contributed by atoms with Crippen molar-refractivity contribution < 1.29 is 8.42 Å². The molecule has 0 atom stereocenters. The Kier molecular flexibility index (Phi) is 5.27. The molecule has 0 unspecified atom stereocenters. The van der Waals surface area contributed by atoms with Crippen LogP contribution in [0.3, 0.4) is 0 Å². The van der Waals surface area contributed by atoms with Crippen LogP contribution in [-0.2, 0) is 16.6 Å². The van der Waals surface area contributed by atoms with Crippen LogP contribution in [0.25, 0.3) is 6.08 Å². The van der Waals surface area contributed by atoms with Gasteiger partial charge in [-0.1, -0.05) is 30.3 Å². The molecule has 2 aromatic rings. The molecule has 0 saturated carbocycles. The summed E-state index contributed by atoms with van der Waals surface area (Å²) in [5, 5.41) is 1.20. The number of aromatic nitrogens is 1. The molecule has 1 aliphatic rings. The minimum Gasteiger partial charge on any atom is -0.357 e. The SMILES string of the molecule is O=S(=O)(/C=C/c1ccccc1)NCc1ccnc(N2CCCC2)c1. The van der Waals surface area contributed by atoms with E-state index in [-0.39, 0.29) is 6.54 Å². The summed E-state index contributed by atoms with van der Waals surface area (Å²) in [6, 6.07) is 13.1. The molecular formula is C18H21N3O2S. The van der Waals surface area contributed by atoms with E-state index in [0.29, 0.717) is 0 Å². The summed E-state index contributed by atoms with van der Waals surface area (Å²) in [6.45, 7) is 2.29. The van der Waals surface area contributed by atoms with Crippen molar-refractivity contribution in [2.24, 2.45) is 0 Å². The molecule has 0 spiro atoms. The van der Waals surface area contributed by atoms with Crippen LogP contribution in [0.2, 0.25) is 0 Å². The van der Waals surface area contributed by atoms with E-state index in [1.165, 1.54) is 18.2 Å². The average molecular weight is 343 g/mol. The van der Waals surface area contributed by atoms with Crippen molar-refractivity contribution in [3.63, 3.8) is 0 Å². The van der Waals surface area contributed by atoms with E-state index in [9.17, 15) is 8.42 Å². The van der Waals surface area contributed by atoms with Crippen LogP contribution in [0.5, 0.6) is 0 Å². The van der Waals surface area contributed by atoms with Crippen LogP contribution >= 0.6 is 0 Å². The molecule has 1 saturated heterocycles. The van der Waals surface area contributed by atoms with E-state index < -0.39 is 10.0 Å². The second-order valence-corrected chi connectivity index (χ2v) is 7.45. The molecule has 1 aromatic carbocycles. The molecule has 3 rings (SSSR count). The summed E-state index contributed by atoms with van der Waals surface area (Å²) in [5.74, 6) is 0.920. The maximum Gasteiger partial charge on any atom is 0.234 e. The minimum absolute atomic E-state index is 0.255. The smallest absolute Gasteiger partial charge is 0.234 e. The normalized spacial score (nSPS) is 15.2. The Morgan fingerprint density at radius 3 is 2.62 bits per heavy atom. The van der Waals surface area contributed by atoms with Gasteiger partial charge in [0.05, 0.1) is 0 Å². The fourth-order valence-electron chi connectivity index (χ4n) is 2.65. The molecule has 1 N–H and O–H groups in total. The molecule has 24 heavy (non-hydrogen) atoms. The first-order chi connectivity index (χ1) is 11.6. The Labute approximate surface area is 143 Å². The molecule has 0 aliphatic carbocycles. The second-order valence-electron chi connectivity index (χ2n) is 5.80. The van der Waals surface area contributed by atoms with Crippen molar-refractivity contribution in [1.29, 1.82) is 0 Å². The quantitative estimate of drug-likeness (QED) is 0.876. The molecule has 126 valence electrons. The fourth-order valence-corrected chi connectivity index (χ4v) is 3.45. The minimum atomic E-state index is -3.47. The Bertz CT molecular complexity index is 798. The Morgan fingerprint density at radius 2 is 1.88 bits per heavy atom. The highest BCUT2D eigenvalue weighted by atomic mass is 32.2. The van der Waals surface area contributed by atoms with Gasteiger partial charge in [-0.15, -0.1) is 0 Å². The number of benzene rings is 1. The average Bonchev–Trinajstić information content (AvgIpc) is 3.14. The maximum atomic E-state index is 12.1. The van der Waals surface area contributed by atoms with Crippen molar-refractivity contribution in [2.45, 2.75) is 19.4 Å². The predicted octanol–water partition coefficient (Wildman–Crippen LogP) is 2.77. The molecular weight excluding hydrogens is 322 g/mol. The lowest BCUT2D eigenvalue weighted by molar-refractivity contribution is 0.590. The van der Waals surface area contributed by atoms with Gasteiger partial charge in [0.25, 0.3) is 0 Å². The third-order valence-electron chi connectivity index (χ3n) is 3.96. The Morgan fingerprint density at radius 1 is 1.12 bits per heavy atom. The van der Waals surface area contributed by atoms with Crippen LogP contribution in [0, 0.1) is 0 Å². The van der Waals surface area contributed by atoms with E-state index in [1.807, 2.05) is 42.5 Å². The second kappa shape index (κ2) is 7.59. The number of nitrogens with zero attached hydrogens (tertiary/aromatic N) is 2. The van der Waals surface area contributed by atoms with Gasteiger partial charge < -0.3 is 4.90 Å². The van der Waals surface area contributed by atoms with Gasteiger partial charge in [0, 0.05) is 31.2 Å². The van der Waals surface area contributed by atoms with Crippen LogP contribution in [-0.4, -0.2) is 26.5 Å². The van der Waals surface area contributed by atoms with Gasteiger partial charge in [0.1, 0.15) is 5.82 Å². The number of rotatable bonds is 6. The Balaban J connectivity index is 1.62. The summed E-state index contributed by atoms with van der Waals surface area (Å²) < 4.78 is 26.8. The first-order valence-electron chi connectivity index (χ1n) is 8.05. The number of anilines is 1. The summed E-state index contributed by atoms with van der Waals surface area (Å²) in [6.07, 6.45) is 5.69. The molecule has 1 fully saturated rings. The highest BCUT2D eigenvalue weighted by molar-refractivity contribution is 7.92. The largest absolute Gasteiger partial charge is 0.357 e. The number of sulfonamides is 1. The van der Waals surface area contributed by atoms with Crippen molar-refractivity contribution in [2.75, 3.05) is 18.0 Å². The lowest BCUT2D eigenvalue weighted by Gasteiger charge is -2.16. The molecule has 6 heteroatoms. The van der Waals surface area contributed by atoms with Crippen LogP contribution in [0.1, 0.15) is 24.0 Å². The zero-order chi connectivity index (χ0) is 16.8. The number of hydrogen-bond acceptors (Lipinski definition) is 4. The van der Waals surface area contributed by atoms with Gasteiger partial charge in [0.15, 0.2) is 0 Å². The van der Waals surface area contributed by atoms with Crippen LogP contribution in [0.15, 0.2) is 54.1 Å². The predicted molar refractivity (Wildman–Crippen MR) is 96.9 cm³/mol. The van der Waals surface area contributed by atoms with E-state index in [1.54, 1.807) is 12.3 Å². The standard InChI is InChI=1S/C18H21N3O2S/c22-24(23,13-9-16-6-2-1-3-7-16)20-15-17-8-10-19-18(14-17)21-11-4-5-12-21/h1-3,6-10,13-14,20H,4-5,11-12,15H2/b13-9+. The van der Waals surface area contributed by atoms with Gasteiger partial charge in [-0.25, -0.2) is 18.1 Å². The van der Waals surface area contributed by atoms with E-state index in [4.69, 9.17) is 0 Å². The highest BCUT2D eigenvalue weighted by Gasteiger charge is 2.14. The topological polar surface area (TPSA) is 62.3 Å². The third-order valence-corrected chi connectivity index (χ3v) is 5.00. The molecule has 0 amide bonds. The van der Waals surface area contributed by atoms with E-state index in [0.717, 1.165) is 30.0 Å². The van der Waals surface area contributed by atoms with Crippen molar-refractivity contribution >= 4 is 21.9 Å². The fraction of sp³-hybridized carbons (Fsp3) is 0.278. The first kappa shape index (κ1) is 16.7. The molecule has 5 nitrogen and oxygen atoms in total. The number of pyridine rings is 1. The first-order valence-corrected chi connectivity index (χ1v) is 9.60. The lowest BCUT2D eigenvalue weighted by Crippen LogP contribution is -2.22. The van der Waals surface area contributed by atoms with Crippen molar-refractivity contribution in [1.82, 2.24) is 9.71 Å². The Hall–Kier alpha value is -2.18. The zero-order valence-electron chi connectivity index (χ0n) is 13.4. The van der Waals surface area contributed by atoms with Gasteiger partial charge in [0.2, 0.25) is 10.0 Å². The monoisotopic (exact) mass is 343 g/mol. The zero-order valence-corrected chi connectivity index (χ0v) is 14.2. The third kappa shape index (κ3) is 4.66. The van der Waals surface area contributed by atoms with Gasteiger partial charge in [-0.3, -0.25) is 0 Å².